The van der Waals surface area contributed by atoms with E-state index < -0.39 is 0 Å². The van der Waals surface area contributed by atoms with Gasteiger partial charge in [-0.2, -0.15) is 0 Å². The molecule has 3 heteroatoms. The second-order valence-corrected chi connectivity index (χ2v) is 3.96. The number of hydrogen-bond donors (Lipinski definition) is 0. The monoisotopic (exact) mass is 224 g/mol. The average molecular weight is 226 g/mol. The van der Waals surface area contributed by atoms with E-state index in [0.29, 0.717) is 5.88 Å². The third-order valence-corrected chi connectivity index (χ3v) is 2.91. The quantitative estimate of drug-likeness (QED) is 0.678. The second kappa shape index (κ2) is 3.59. The number of rotatable bonds is 2. The highest BCUT2D eigenvalue weighted by Gasteiger charge is 1.94. The molecule has 0 amide bonds. The molecule has 0 N–H and O–H groups in total. The van der Waals surface area contributed by atoms with Crippen molar-refractivity contribution in [2.24, 2.45) is 0 Å². The Kier molecular flexibility index (Phi) is 3.02. The highest BCUT2D eigenvalue weighted by Crippen LogP contribution is 2.19. The third-order valence-electron chi connectivity index (χ3n) is 0.963. The molecule has 0 aliphatic heterocycles. The second-order valence-electron chi connectivity index (χ2n) is 1.67. The molecule has 0 spiro atoms. The molecule has 0 radical (unpaired) electrons. The predicted molar refractivity (Wildman–Crippen MR) is 46.4 cm³/mol. The largest absolute Gasteiger partial charge is 0.148 e. The normalized spacial score (nSPS) is 10.0. The van der Waals surface area contributed by atoms with E-state index in [-0.39, 0.29) is 0 Å². The molecule has 50 valence electrons. The van der Waals surface area contributed by atoms with E-state index in [9.17, 15) is 0 Å². The van der Waals surface area contributed by atoms with Gasteiger partial charge in [0.05, 0.1) is 0 Å². The molecule has 0 aliphatic rings. The lowest BCUT2D eigenvalue weighted by Crippen LogP contribution is -1.77. The molecule has 0 unspecified atom stereocenters. The van der Waals surface area contributed by atoms with Crippen LogP contribution in [0.15, 0.2) is 15.9 Å². The Hall–Kier alpha value is 0.470. The molecule has 1 rings (SSSR count). The molecule has 0 atom stereocenters. The van der Waals surface area contributed by atoms with Crippen molar-refractivity contribution < 1.29 is 0 Å². The smallest absolute Gasteiger partial charge is 0.0285 e. The number of thiophene rings is 1. The molecule has 0 aromatic carbocycles. The van der Waals surface area contributed by atoms with Crippen LogP contribution in [0.5, 0.6) is 0 Å². The van der Waals surface area contributed by atoms with Crippen molar-refractivity contribution >= 4 is 38.9 Å². The van der Waals surface area contributed by atoms with Crippen LogP contribution in [-0.4, -0.2) is 5.88 Å². The highest BCUT2D eigenvalue weighted by molar-refractivity contribution is 9.10. The average Bonchev–Trinajstić information content (AvgIpc) is 2.17. The van der Waals surface area contributed by atoms with Crippen LogP contribution in [0, 0.1) is 0 Å². The zero-order chi connectivity index (χ0) is 6.69. The SMILES string of the molecule is ClCCc1cc(Br)cs1. The molecule has 0 bridgehead atoms. The van der Waals surface area contributed by atoms with E-state index in [1.54, 1.807) is 11.3 Å². The highest BCUT2D eigenvalue weighted by atomic mass is 79.9. The van der Waals surface area contributed by atoms with Crippen molar-refractivity contribution in [1.29, 1.82) is 0 Å². The Morgan fingerprint density at radius 1 is 1.67 bits per heavy atom. The molecular formula is C6H6BrClS. The van der Waals surface area contributed by atoms with E-state index in [4.69, 9.17) is 11.6 Å². The van der Waals surface area contributed by atoms with Crippen LogP contribution >= 0.6 is 38.9 Å². The number of aryl methyl sites for hydroxylation is 1. The van der Waals surface area contributed by atoms with Gasteiger partial charge in [-0.05, 0) is 28.4 Å². The minimum absolute atomic E-state index is 0.715. The van der Waals surface area contributed by atoms with Crippen LogP contribution in [0.3, 0.4) is 0 Å². The van der Waals surface area contributed by atoms with Gasteiger partial charge in [0, 0.05) is 20.6 Å². The lowest BCUT2D eigenvalue weighted by atomic mass is 10.4. The fourth-order valence-electron chi connectivity index (χ4n) is 0.578. The fourth-order valence-corrected chi connectivity index (χ4v) is 2.35. The number of halogens is 2. The van der Waals surface area contributed by atoms with Crippen LogP contribution in [0.2, 0.25) is 0 Å². The topological polar surface area (TPSA) is 0 Å². The molecule has 0 aliphatic carbocycles. The molecule has 0 saturated carbocycles. The van der Waals surface area contributed by atoms with Crippen LogP contribution in [0.4, 0.5) is 0 Å². The van der Waals surface area contributed by atoms with E-state index >= 15 is 0 Å². The van der Waals surface area contributed by atoms with Crippen molar-refractivity contribution in [3.63, 3.8) is 0 Å². The van der Waals surface area contributed by atoms with Gasteiger partial charge in [-0.3, -0.25) is 0 Å². The summed E-state index contributed by atoms with van der Waals surface area (Å²) in [5, 5.41) is 2.07. The van der Waals surface area contributed by atoms with Gasteiger partial charge >= 0.3 is 0 Å². The molecular weight excluding hydrogens is 219 g/mol. The first-order valence-corrected chi connectivity index (χ1v) is 4.82. The molecule has 0 nitrogen and oxygen atoms in total. The standard InChI is InChI=1S/C6H6BrClS/c7-5-3-6(1-2-8)9-4-5/h3-4H,1-2H2. The summed E-state index contributed by atoms with van der Waals surface area (Å²) in [6.45, 7) is 0. The van der Waals surface area contributed by atoms with Gasteiger partial charge < -0.3 is 0 Å². The summed E-state index contributed by atoms with van der Waals surface area (Å²) < 4.78 is 1.16. The van der Waals surface area contributed by atoms with Gasteiger partial charge in [0.25, 0.3) is 0 Å². The zero-order valence-electron chi connectivity index (χ0n) is 4.73. The number of hydrogen-bond acceptors (Lipinski definition) is 1. The van der Waals surface area contributed by atoms with Crippen LogP contribution in [-0.2, 0) is 6.42 Å². The van der Waals surface area contributed by atoms with Crippen LogP contribution in [0.25, 0.3) is 0 Å². The molecule has 1 heterocycles. The van der Waals surface area contributed by atoms with E-state index in [1.165, 1.54) is 4.88 Å². The van der Waals surface area contributed by atoms with Gasteiger partial charge in [0.15, 0.2) is 0 Å². The summed E-state index contributed by atoms with van der Waals surface area (Å²) in [6, 6.07) is 2.10. The van der Waals surface area contributed by atoms with Gasteiger partial charge in [-0.25, -0.2) is 0 Å². The van der Waals surface area contributed by atoms with Gasteiger partial charge in [0.1, 0.15) is 0 Å². The number of alkyl halides is 1. The molecule has 1 aromatic rings. The summed E-state index contributed by atoms with van der Waals surface area (Å²) in [4.78, 5) is 1.34. The molecule has 0 saturated heterocycles. The van der Waals surface area contributed by atoms with Crippen LogP contribution in [0.1, 0.15) is 4.88 Å². The first kappa shape index (κ1) is 7.58. The van der Waals surface area contributed by atoms with Crippen molar-refractivity contribution in [3.8, 4) is 0 Å². The molecule has 0 fully saturated rings. The minimum atomic E-state index is 0.715. The lowest BCUT2D eigenvalue weighted by Gasteiger charge is -1.84. The van der Waals surface area contributed by atoms with Gasteiger partial charge in [-0.15, -0.1) is 22.9 Å². The molecule has 1 aromatic heterocycles. The van der Waals surface area contributed by atoms with Crippen molar-refractivity contribution in [1.82, 2.24) is 0 Å². The maximum atomic E-state index is 5.54. The Balaban J connectivity index is 2.61. The summed E-state index contributed by atoms with van der Waals surface area (Å²) in [7, 11) is 0. The Labute approximate surface area is 72.0 Å². The van der Waals surface area contributed by atoms with E-state index in [0.717, 1.165) is 10.9 Å². The minimum Gasteiger partial charge on any atom is -0.148 e. The third kappa shape index (κ3) is 2.28. The lowest BCUT2D eigenvalue weighted by molar-refractivity contribution is 1.20. The Bertz CT molecular complexity index is 185. The van der Waals surface area contributed by atoms with Crippen molar-refractivity contribution in [3.05, 3.63) is 20.8 Å². The first-order valence-electron chi connectivity index (χ1n) is 2.62. The van der Waals surface area contributed by atoms with E-state index in [1.807, 2.05) is 0 Å². The summed E-state index contributed by atoms with van der Waals surface area (Å²) in [5.74, 6) is 0.715. The van der Waals surface area contributed by atoms with Crippen LogP contribution < -0.4 is 0 Å². The van der Waals surface area contributed by atoms with Crippen molar-refractivity contribution in [2.45, 2.75) is 6.42 Å². The van der Waals surface area contributed by atoms with E-state index in [2.05, 4.69) is 27.4 Å². The Morgan fingerprint density at radius 2 is 2.44 bits per heavy atom. The summed E-state index contributed by atoms with van der Waals surface area (Å²) in [5.41, 5.74) is 0. The summed E-state index contributed by atoms with van der Waals surface area (Å²) >= 11 is 10.6. The van der Waals surface area contributed by atoms with Gasteiger partial charge in [-0.1, -0.05) is 0 Å². The van der Waals surface area contributed by atoms with Gasteiger partial charge in [0.2, 0.25) is 0 Å². The maximum absolute atomic E-state index is 5.54. The Morgan fingerprint density at radius 3 is 2.89 bits per heavy atom. The first-order chi connectivity index (χ1) is 4.33. The molecule has 9 heavy (non-hydrogen) atoms. The van der Waals surface area contributed by atoms with Crippen molar-refractivity contribution in [2.75, 3.05) is 5.88 Å². The summed E-state index contributed by atoms with van der Waals surface area (Å²) in [6.07, 6.45) is 0.984. The maximum Gasteiger partial charge on any atom is 0.0285 e. The fraction of sp³-hybridized carbons (Fsp3) is 0.333. The predicted octanol–water partition coefficient (Wildman–Crippen LogP) is 3.29. The zero-order valence-corrected chi connectivity index (χ0v) is 7.89.